The molecule has 0 radical (unpaired) electrons. The Bertz CT molecular complexity index is 475. The van der Waals surface area contributed by atoms with E-state index in [9.17, 15) is 19.7 Å². The largest absolute Gasteiger partial charge is 0.419 e. The van der Waals surface area contributed by atoms with Crippen molar-refractivity contribution in [3.8, 4) is 5.75 Å². The molecule has 0 bridgehead atoms. The van der Waals surface area contributed by atoms with E-state index in [1.165, 1.54) is 12.1 Å². The lowest BCUT2D eigenvalue weighted by molar-refractivity contribution is -0.385. The summed E-state index contributed by atoms with van der Waals surface area (Å²) in [6, 6.07) is 3.71. The first kappa shape index (κ1) is 14.1. The van der Waals surface area contributed by atoms with Crippen LogP contribution in [-0.2, 0) is 9.59 Å². The van der Waals surface area contributed by atoms with E-state index in [1.54, 1.807) is 0 Å². The van der Waals surface area contributed by atoms with Crippen LogP contribution in [0, 0.1) is 10.1 Å². The minimum Gasteiger partial charge on any atom is -0.419 e. The van der Waals surface area contributed by atoms with Crippen LogP contribution in [0.3, 0.4) is 0 Å². The van der Waals surface area contributed by atoms with E-state index >= 15 is 0 Å². The second-order valence-electron chi connectivity index (χ2n) is 3.40. The van der Waals surface area contributed by atoms with Crippen LogP contribution in [0.25, 0.3) is 0 Å². The van der Waals surface area contributed by atoms with Crippen LogP contribution >= 0.6 is 11.6 Å². The van der Waals surface area contributed by atoms with Gasteiger partial charge in [-0.25, -0.2) is 0 Å². The number of nitrogens with zero attached hydrogens (tertiary/aromatic N) is 1. The Labute approximate surface area is 108 Å². The number of benzene rings is 1. The molecule has 6 nitrogen and oxygen atoms in total. The Hall–Kier alpha value is -1.95. The lowest BCUT2D eigenvalue weighted by Crippen LogP contribution is -2.09. The summed E-state index contributed by atoms with van der Waals surface area (Å²) in [5, 5.41) is 10.9. The third kappa shape index (κ3) is 4.14. The van der Waals surface area contributed by atoms with Gasteiger partial charge in [0.25, 0.3) is 0 Å². The van der Waals surface area contributed by atoms with E-state index in [0.29, 0.717) is 12.7 Å². The fraction of sp³-hybridized carbons (Fsp3) is 0.273. The number of carbonyl (C=O) groups is 2. The van der Waals surface area contributed by atoms with Crippen molar-refractivity contribution >= 4 is 29.5 Å². The number of nitro groups is 1. The topological polar surface area (TPSA) is 86.5 Å². The number of hydrogen-bond donors (Lipinski definition) is 0. The van der Waals surface area contributed by atoms with Gasteiger partial charge in [0.05, 0.1) is 4.92 Å². The number of rotatable bonds is 6. The summed E-state index contributed by atoms with van der Waals surface area (Å²) in [6.07, 6.45) is 1.29. The lowest BCUT2D eigenvalue weighted by atomic mass is 10.2. The molecule has 0 atom stereocenters. The third-order valence-corrected chi connectivity index (χ3v) is 2.28. The maximum atomic E-state index is 11.4. The number of carbonyl (C=O) groups excluding carboxylic acids is 2. The molecule has 1 rings (SSSR count). The van der Waals surface area contributed by atoms with Crippen molar-refractivity contribution in [2.24, 2.45) is 0 Å². The van der Waals surface area contributed by atoms with Crippen LogP contribution in [0.1, 0.15) is 19.3 Å². The first-order valence-electron chi connectivity index (χ1n) is 5.13. The van der Waals surface area contributed by atoms with Crippen LogP contribution < -0.4 is 4.74 Å². The van der Waals surface area contributed by atoms with Crippen molar-refractivity contribution < 1.29 is 19.2 Å². The highest BCUT2D eigenvalue weighted by molar-refractivity contribution is 6.30. The van der Waals surface area contributed by atoms with Gasteiger partial charge in [0.2, 0.25) is 5.75 Å². The standard InChI is InChI=1S/C11H10ClNO5/c12-8-4-5-9(13(16)17)10(7-8)18-11(15)3-1-2-6-14/h4-7H,1-3H2. The molecular formula is C11H10ClNO5. The second kappa shape index (κ2) is 6.70. The van der Waals surface area contributed by atoms with E-state index < -0.39 is 10.9 Å². The normalized spacial score (nSPS) is 9.83. The van der Waals surface area contributed by atoms with Crippen molar-refractivity contribution in [2.45, 2.75) is 19.3 Å². The molecule has 96 valence electrons. The highest BCUT2D eigenvalue weighted by Gasteiger charge is 2.18. The Kier molecular flexibility index (Phi) is 5.26. The predicted molar refractivity (Wildman–Crippen MR) is 63.7 cm³/mol. The summed E-state index contributed by atoms with van der Waals surface area (Å²) >= 11 is 5.67. The molecule has 0 aromatic heterocycles. The zero-order chi connectivity index (χ0) is 13.5. The first-order valence-corrected chi connectivity index (χ1v) is 5.50. The number of esters is 1. The van der Waals surface area contributed by atoms with Crippen molar-refractivity contribution in [3.63, 3.8) is 0 Å². The van der Waals surface area contributed by atoms with E-state index in [2.05, 4.69) is 0 Å². The van der Waals surface area contributed by atoms with Gasteiger partial charge in [-0.3, -0.25) is 14.9 Å². The monoisotopic (exact) mass is 271 g/mol. The molecule has 0 unspecified atom stereocenters. The summed E-state index contributed by atoms with van der Waals surface area (Å²) in [4.78, 5) is 31.5. The molecule has 0 amide bonds. The summed E-state index contributed by atoms with van der Waals surface area (Å²) in [5.41, 5.74) is -0.330. The van der Waals surface area contributed by atoms with Crippen molar-refractivity contribution in [2.75, 3.05) is 0 Å². The average Bonchev–Trinajstić information content (AvgIpc) is 2.29. The summed E-state index contributed by atoms with van der Waals surface area (Å²) in [6.45, 7) is 0. The van der Waals surface area contributed by atoms with E-state index in [4.69, 9.17) is 16.3 Å². The van der Waals surface area contributed by atoms with Crippen LogP contribution in [-0.4, -0.2) is 17.2 Å². The van der Waals surface area contributed by atoms with Gasteiger partial charge in [-0.2, -0.15) is 0 Å². The van der Waals surface area contributed by atoms with Gasteiger partial charge >= 0.3 is 11.7 Å². The molecule has 0 saturated carbocycles. The molecule has 7 heteroatoms. The minimum absolute atomic E-state index is 0.0163. The predicted octanol–water partition coefficient (Wildman–Crippen LogP) is 2.52. The Morgan fingerprint density at radius 3 is 2.83 bits per heavy atom. The first-order chi connectivity index (χ1) is 8.54. The van der Waals surface area contributed by atoms with Crippen molar-refractivity contribution in [1.82, 2.24) is 0 Å². The summed E-state index contributed by atoms with van der Waals surface area (Å²) in [5.74, 6) is -0.828. The van der Waals surface area contributed by atoms with Crippen LogP contribution in [0.15, 0.2) is 18.2 Å². The number of ether oxygens (including phenoxy) is 1. The molecule has 1 aromatic rings. The Morgan fingerprint density at radius 2 is 2.22 bits per heavy atom. The molecule has 0 heterocycles. The van der Waals surface area contributed by atoms with Gasteiger partial charge in [0.1, 0.15) is 6.29 Å². The molecule has 18 heavy (non-hydrogen) atoms. The van der Waals surface area contributed by atoms with Crippen molar-refractivity contribution in [1.29, 1.82) is 0 Å². The highest BCUT2D eigenvalue weighted by atomic mass is 35.5. The van der Waals surface area contributed by atoms with Gasteiger partial charge < -0.3 is 9.53 Å². The molecular weight excluding hydrogens is 262 g/mol. The minimum atomic E-state index is -0.662. The zero-order valence-electron chi connectivity index (χ0n) is 9.30. The van der Waals surface area contributed by atoms with Gasteiger partial charge in [-0.15, -0.1) is 0 Å². The molecule has 0 N–H and O–H groups in total. The van der Waals surface area contributed by atoms with Gasteiger partial charge in [-0.05, 0) is 12.5 Å². The van der Waals surface area contributed by atoms with E-state index in [1.807, 2.05) is 0 Å². The van der Waals surface area contributed by atoms with Crippen molar-refractivity contribution in [3.05, 3.63) is 33.3 Å². The Morgan fingerprint density at radius 1 is 1.50 bits per heavy atom. The number of hydrogen-bond acceptors (Lipinski definition) is 5. The fourth-order valence-corrected chi connectivity index (χ4v) is 1.39. The highest BCUT2D eigenvalue weighted by Crippen LogP contribution is 2.30. The summed E-state index contributed by atoms with van der Waals surface area (Å²) < 4.78 is 4.85. The number of nitro benzene ring substituents is 1. The van der Waals surface area contributed by atoms with Crippen LogP contribution in [0.2, 0.25) is 5.02 Å². The average molecular weight is 272 g/mol. The second-order valence-corrected chi connectivity index (χ2v) is 3.84. The molecule has 1 aromatic carbocycles. The fourth-order valence-electron chi connectivity index (χ4n) is 1.22. The van der Waals surface area contributed by atoms with E-state index in [0.717, 1.165) is 6.07 Å². The maximum Gasteiger partial charge on any atom is 0.311 e. The van der Waals surface area contributed by atoms with Crippen LogP contribution in [0.5, 0.6) is 5.75 Å². The SMILES string of the molecule is O=CCCCC(=O)Oc1cc(Cl)ccc1[N+](=O)[O-]. The van der Waals surface area contributed by atoms with Gasteiger partial charge in [-0.1, -0.05) is 11.6 Å². The zero-order valence-corrected chi connectivity index (χ0v) is 10.1. The number of halogens is 1. The number of aldehydes is 1. The quantitative estimate of drug-likeness (QED) is 0.198. The molecule has 0 fully saturated rings. The molecule has 0 spiro atoms. The van der Waals surface area contributed by atoms with Crippen LogP contribution in [0.4, 0.5) is 5.69 Å². The summed E-state index contributed by atoms with van der Waals surface area (Å²) in [7, 11) is 0. The van der Waals surface area contributed by atoms with Gasteiger partial charge in [0, 0.05) is 30.0 Å². The van der Waals surface area contributed by atoms with E-state index in [-0.39, 0.29) is 29.3 Å². The number of unbranched alkanes of at least 4 members (excludes halogenated alkanes) is 1. The Balaban J connectivity index is 2.76. The maximum absolute atomic E-state index is 11.4. The van der Waals surface area contributed by atoms with Gasteiger partial charge in [0.15, 0.2) is 0 Å². The third-order valence-electron chi connectivity index (χ3n) is 2.05. The molecule has 0 aliphatic rings. The smallest absolute Gasteiger partial charge is 0.311 e. The molecule has 0 aliphatic carbocycles. The molecule has 0 aliphatic heterocycles. The lowest BCUT2D eigenvalue weighted by Gasteiger charge is -2.04. The molecule has 0 saturated heterocycles.